The molecule has 1 nitrogen and oxygen atoms in total. The van der Waals surface area contributed by atoms with Crippen LogP contribution < -0.4 is 0 Å². The maximum absolute atomic E-state index is 12.0. The molecule has 4 unspecified atom stereocenters. The first-order valence-electron chi connectivity index (χ1n) is 9.69. The fourth-order valence-corrected chi connectivity index (χ4v) is 7.79. The molecule has 3 bridgehead atoms. The molecular formula is C23H23ClO. The van der Waals surface area contributed by atoms with Crippen LogP contribution in [0.3, 0.4) is 0 Å². The van der Waals surface area contributed by atoms with Crippen molar-refractivity contribution in [3.8, 4) is 11.1 Å². The van der Waals surface area contributed by atoms with Gasteiger partial charge in [-0.3, -0.25) is 0 Å². The van der Waals surface area contributed by atoms with Gasteiger partial charge >= 0.3 is 0 Å². The summed E-state index contributed by atoms with van der Waals surface area (Å²) in [5, 5.41) is 12.8. The van der Waals surface area contributed by atoms with E-state index in [2.05, 4.69) is 30.3 Å². The zero-order chi connectivity index (χ0) is 16.8. The molecule has 4 atom stereocenters. The van der Waals surface area contributed by atoms with Crippen LogP contribution in [0.1, 0.15) is 37.7 Å². The van der Waals surface area contributed by atoms with Crippen LogP contribution >= 0.6 is 11.6 Å². The molecule has 0 aromatic heterocycles. The van der Waals surface area contributed by atoms with Gasteiger partial charge < -0.3 is 5.11 Å². The van der Waals surface area contributed by atoms with Gasteiger partial charge in [-0.15, -0.1) is 0 Å². The van der Waals surface area contributed by atoms with Crippen molar-refractivity contribution < 1.29 is 5.11 Å². The third kappa shape index (κ3) is 1.70. The van der Waals surface area contributed by atoms with E-state index in [1.165, 1.54) is 32.1 Å². The molecule has 1 N–H and O–H groups in total. The van der Waals surface area contributed by atoms with Gasteiger partial charge in [-0.25, -0.2) is 0 Å². The van der Waals surface area contributed by atoms with Crippen LogP contribution in [0.4, 0.5) is 0 Å². The smallest absolute Gasteiger partial charge is 0.0969 e. The van der Waals surface area contributed by atoms with Gasteiger partial charge in [0.05, 0.1) is 5.60 Å². The summed E-state index contributed by atoms with van der Waals surface area (Å²) in [5.74, 6) is 2.65. The lowest BCUT2D eigenvalue weighted by Crippen LogP contribution is -2.62. The van der Waals surface area contributed by atoms with Gasteiger partial charge in [0, 0.05) is 5.02 Å². The minimum absolute atomic E-state index is 0.461. The van der Waals surface area contributed by atoms with Crippen molar-refractivity contribution in [3.63, 3.8) is 0 Å². The van der Waals surface area contributed by atoms with Crippen molar-refractivity contribution >= 4 is 11.6 Å². The molecule has 4 aliphatic rings. The van der Waals surface area contributed by atoms with Gasteiger partial charge in [0.15, 0.2) is 0 Å². The summed E-state index contributed by atoms with van der Waals surface area (Å²) in [6.07, 6.45) is 6.63. The van der Waals surface area contributed by atoms with E-state index in [0.29, 0.717) is 17.3 Å². The number of benzene rings is 2. The molecule has 1 spiro atoms. The van der Waals surface area contributed by atoms with Gasteiger partial charge in [0.2, 0.25) is 0 Å². The summed E-state index contributed by atoms with van der Waals surface area (Å²) in [6, 6.07) is 16.5. The molecule has 4 aliphatic carbocycles. The number of aliphatic hydroxyl groups is 1. The fraction of sp³-hybridized carbons (Fsp3) is 0.478. The second-order valence-corrected chi connectivity index (χ2v) is 9.50. The molecule has 128 valence electrons. The molecule has 25 heavy (non-hydrogen) atoms. The highest BCUT2D eigenvalue weighted by Gasteiger charge is 2.77. The van der Waals surface area contributed by atoms with E-state index in [1.807, 2.05) is 18.2 Å². The Morgan fingerprint density at radius 2 is 1.60 bits per heavy atom. The Morgan fingerprint density at radius 1 is 0.880 bits per heavy atom. The van der Waals surface area contributed by atoms with E-state index < -0.39 is 5.60 Å². The summed E-state index contributed by atoms with van der Waals surface area (Å²) in [4.78, 5) is 0. The number of hydrogen-bond donors (Lipinski definition) is 1. The molecule has 0 amide bonds. The fourth-order valence-electron chi connectivity index (χ4n) is 7.60. The largest absolute Gasteiger partial charge is 0.385 e. The van der Waals surface area contributed by atoms with Crippen molar-refractivity contribution in [2.45, 2.75) is 37.7 Å². The van der Waals surface area contributed by atoms with E-state index in [-0.39, 0.29) is 0 Å². The van der Waals surface area contributed by atoms with E-state index >= 15 is 0 Å². The monoisotopic (exact) mass is 350 g/mol. The molecule has 0 saturated heterocycles. The molecule has 4 saturated carbocycles. The second-order valence-electron chi connectivity index (χ2n) is 9.07. The van der Waals surface area contributed by atoms with Crippen molar-refractivity contribution in [1.29, 1.82) is 0 Å². The number of halogens is 1. The SMILES string of the molecule is OC1(c2ccccc2-c2cccc(Cl)c2)C2CC3CC4CC1C2(C3)C4. The molecule has 6 rings (SSSR count). The van der Waals surface area contributed by atoms with Gasteiger partial charge in [-0.1, -0.05) is 48.0 Å². The van der Waals surface area contributed by atoms with Crippen LogP contribution in [0.25, 0.3) is 11.1 Å². The minimum atomic E-state index is -0.636. The lowest BCUT2D eigenvalue weighted by atomic mass is 9.44. The van der Waals surface area contributed by atoms with E-state index in [9.17, 15) is 5.11 Å². The second kappa shape index (κ2) is 4.69. The van der Waals surface area contributed by atoms with E-state index in [0.717, 1.165) is 33.5 Å². The Hall–Kier alpha value is -1.31. The Kier molecular flexibility index (Phi) is 2.78. The Bertz CT molecular complexity index is 848. The normalized spacial score (nSPS) is 43.1. The lowest BCUT2D eigenvalue weighted by Gasteiger charge is -2.62. The van der Waals surface area contributed by atoms with Crippen molar-refractivity contribution in [3.05, 3.63) is 59.1 Å². The van der Waals surface area contributed by atoms with Crippen LogP contribution in [0.2, 0.25) is 5.02 Å². The molecule has 2 aromatic carbocycles. The zero-order valence-electron chi connectivity index (χ0n) is 14.3. The van der Waals surface area contributed by atoms with Crippen molar-refractivity contribution in [2.75, 3.05) is 0 Å². The average molecular weight is 351 g/mol. The highest BCUT2D eigenvalue weighted by atomic mass is 35.5. The molecule has 4 fully saturated rings. The Balaban J connectivity index is 1.51. The molecule has 0 heterocycles. The van der Waals surface area contributed by atoms with E-state index in [4.69, 9.17) is 11.6 Å². The third-order valence-corrected chi connectivity index (χ3v) is 8.32. The van der Waals surface area contributed by atoms with Gasteiger partial charge in [-0.05, 0) is 90.0 Å². The molecule has 0 aliphatic heterocycles. The van der Waals surface area contributed by atoms with Crippen LogP contribution in [0.15, 0.2) is 48.5 Å². The predicted molar refractivity (Wildman–Crippen MR) is 100 cm³/mol. The molecule has 0 radical (unpaired) electrons. The van der Waals surface area contributed by atoms with Crippen molar-refractivity contribution in [2.24, 2.45) is 29.1 Å². The summed E-state index contributed by atoms with van der Waals surface area (Å²) in [6.45, 7) is 0. The standard InChI is InChI=1S/C23H23ClO/c24-17-5-3-4-16(11-17)18-6-1-2-7-19(18)23(25)20-9-14-8-15-10-21(23)22(20,12-14)13-15/h1-7,11,14-15,20-21,25H,8-10,12-13H2. The van der Waals surface area contributed by atoms with Gasteiger partial charge in [0.25, 0.3) is 0 Å². The van der Waals surface area contributed by atoms with Crippen molar-refractivity contribution in [1.82, 2.24) is 0 Å². The average Bonchev–Trinajstić information content (AvgIpc) is 3.02. The molecule has 2 aromatic rings. The highest BCUT2D eigenvalue weighted by molar-refractivity contribution is 6.30. The number of rotatable bonds is 2. The topological polar surface area (TPSA) is 20.2 Å². The third-order valence-electron chi connectivity index (χ3n) is 8.09. The first-order chi connectivity index (χ1) is 12.1. The number of fused-ring (bicyclic) bond motifs is 2. The lowest BCUT2D eigenvalue weighted by molar-refractivity contribution is -0.235. The summed E-state index contributed by atoms with van der Waals surface area (Å²) in [5.41, 5.74) is 3.25. The summed E-state index contributed by atoms with van der Waals surface area (Å²) in [7, 11) is 0. The quantitative estimate of drug-likeness (QED) is 0.741. The van der Waals surface area contributed by atoms with Gasteiger partial charge in [-0.2, -0.15) is 0 Å². The highest BCUT2D eigenvalue weighted by Crippen LogP contribution is 2.81. The number of hydrogen-bond acceptors (Lipinski definition) is 1. The van der Waals surface area contributed by atoms with E-state index in [1.54, 1.807) is 0 Å². The van der Waals surface area contributed by atoms with Crippen LogP contribution in [-0.2, 0) is 5.60 Å². The molecule has 2 heteroatoms. The Morgan fingerprint density at radius 3 is 2.32 bits per heavy atom. The predicted octanol–water partition coefficient (Wildman–Crippen LogP) is 5.65. The molecular weight excluding hydrogens is 328 g/mol. The maximum Gasteiger partial charge on any atom is 0.0969 e. The van der Waals surface area contributed by atoms with Gasteiger partial charge in [0.1, 0.15) is 0 Å². The first kappa shape index (κ1) is 14.8. The maximum atomic E-state index is 12.0. The van der Waals surface area contributed by atoms with Crippen LogP contribution in [-0.4, -0.2) is 5.11 Å². The first-order valence-corrected chi connectivity index (χ1v) is 10.1. The minimum Gasteiger partial charge on any atom is -0.385 e. The van der Waals surface area contributed by atoms with Crippen LogP contribution in [0, 0.1) is 29.1 Å². The summed E-state index contributed by atoms with van der Waals surface area (Å²) >= 11 is 6.25. The van der Waals surface area contributed by atoms with Crippen LogP contribution in [0.5, 0.6) is 0 Å². The Labute approximate surface area is 154 Å². The zero-order valence-corrected chi connectivity index (χ0v) is 15.0. The summed E-state index contributed by atoms with van der Waals surface area (Å²) < 4.78 is 0.